The summed E-state index contributed by atoms with van der Waals surface area (Å²) in [5.74, 6) is 0. The first-order valence-corrected chi connectivity index (χ1v) is 7.06. The van der Waals surface area contributed by atoms with Crippen molar-refractivity contribution in [3.05, 3.63) is 97.4 Å². The normalized spacial score (nSPS) is 12.0. The van der Waals surface area contributed by atoms with E-state index in [1.807, 2.05) is 36.7 Å². The maximum Gasteiger partial charge on any atom is 0.0814 e. The van der Waals surface area contributed by atoms with Gasteiger partial charge in [0.25, 0.3) is 0 Å². The fourth-order valence-corrected chi connectivity index (χ4v) is 2.36. The van der Waals surface area contributed by atoms with Crippen molar-refractivity contribution in [2.45, 2.75) is 0 Å². The number of benzene rings is 3. The second kappa shape index (κ2) is 7.89. The standard InChI is InChI=1S/C14H10.C6H7N.BH3/c1-3-7-13-11(5-1)9-10-12-6-2-4-8-14(12)13;1-2-4-6-7-5-3-1;/h1-10H;1-7H;1H3. The summed E-state index contributed by atoms with van der Waals surface area (Å²) in [6, 6.07) is 21.4. The maximum absolute atomic E-state index is 2.92. The van der Waals surface area contributed by atoms with E-state index in [4.69, 9.17) is 0 Å². The molecule has 0 saturated carbocycles. The second-order valence-corrected chi connectivity index (χ2v) is 4.78. The summed E-state index contributed by atoms with van der Waals surface area (Å²) in [6.07, 6.45) is 11.6. The Morgan fingerprint density at radius 3 is 1.45 bits per heavy atom. The van der Waals surface area contributed by atoms with Gasteiger partial charge in [0.2, 0.25) is 0 Å². The van der Waals surface area contributed by atoms with Gasteiger partial charge in [0.05, 0.1) is 8.41 Å². The molecule has 2 heteroatoms. The predicted octanol–water partition coefficient (Wildman–Crippen LogP) is 3.98. The minimum Gasteiger partial charge on any atom is -0.368 e. The molecule has 3 aromatic carbocycles. The molecule has 1 heterocycles. The van der Waals surface area contributed by atoms with Crippen LogP contribution in [0.15, 0.2) is 97.4 Å². The molecule has 1 aliphatic rings. The molecule has 3 aromatic rings. The van der Waals surface area contributed by atoms with Crippen LogP contribution in [-0.4, -0.2) is 8.41 Å². The first-order valence-electron chi connectivity index (χ1n) is 7.06. The van der Waals surface area contributed by atoms with Crippen molar-refractivity contribution in [3.8, 4) is 0 Å². The lowest BCUT2D eigenvalue weighted by atomic mass is 10.0. The molecule has 108 valence electrons. The summed E-state index contributed by atoms with van der Waals surface area (Å²) in [5, 5.41) is 8.22. The van der Waals surface area contributed by atoms with E-state index in [9.17, 15) is 0 Å². The number of fused-ring (bicyclic) bond motifs is 3. The minimum absolute atomic E-state index is 0. The number of hydrogen-bond acceptors (Lipinski definition) is 1. The summed E-state index contributed by atoms with van der Waals surface area (Å²) in [5.41, 5.74) is 0. The Balaban J connectivity index is 0.000000189. The van der Waals surface area contributed by atoms with E-state index >= 15 is 0 Å². The van der Waals surface area contributed by atoms with Crippen molar-refractivity contribution in [1.82, 2.24) is 5.32 Å². The van der Waals surface area contributed by atoms with Crippen LogP contribution in [-0.2, 0) is 0 Å². The Hall–Kier alpha value is -2.74. The third-order valence-electron chi connectivity index (χ3n) is 3.37. The topological polar surface area (TPSA) is 12.0 Å². The number of allylic oxidation sites excluding steroid dienone is 4. The molecular formula is C20H20BN. The summed E-state index contributed by atoms with van der Waals surface area (Å²) >= 11 is 0. The van der Waals surface area contributed by atoms with Crippen molar-refractivity contribution in [1.29, 1.82) is 0 Å². The predicted molar refractivity (Wildman–Crippen MR) is 102 cm³/mol. The van der Waals surface area contributed by atoms with Crippen molar-refractivity contribution < 1.29 is 0 Å². The van der Waals surface area contributed by atoms with Gasteiger partial charge in [0.1, 0.15) is 0 Å². The molecule has 0 aromatic heterocycles. The van der Waals surface area contributed by atoms with Gasteiger partial charge in [-0.2, -0.15) is 0 Å². The van der Waals surface area contributed by atoms with Crippen LogP contribution in [0.4, 0.5) is 0 Å². The van der Waals surface area contributed by atoms with Crippen LogP contribution in [0.1, 0.15) is 0 Å². The average molecular weight is 285 g/mol. The van der Waals surface area contributed by atoms with Crippen LogP contribution in [0.5, 0.6) is 0 Å². The zero-order chi connectivity index (χ0) is 14.3. The lowest BCUT2D eigenvalue weighted by molar-refractivity contribution is 1.20. The molecule has 0 amide bonds. The Bertz CT molecular complexity index is 762. The van der Waals surface area contributed by atoms with Gasteiger partial charge in [-0.05, 0) is 33.7 Å². The van der Waals surface area contributed by atoms with Gasteiger partial charge in [-0.3, -0.25) is 0 Å². The molecule has 22 heavy (non-hydrogen) atoms. The molecule has 0 atom stereocenters. The fourth-order valence-electron chi connectivity index (χ4n) is 2.36. The quantitative estimate of drug-likeness (QED) is 0.486. The highest BCUT2D eigenvalue weighted by atomic mass is 14.8. The van der Waals surface area contributed by atoms with Gasteiger partial charge in [0, 0.05) is 12.4 Å². The van der Waals surface area contributed by atoms with Crippen LogP contribution in [0.2, 0.25) is 0 Å². The molecule has 1 aliphatic heterocycles. The van der Waals surface area contributed by atoms with Gasteiger partial charge < -0.3 is 5.32 Å². The average Bonchev–Trinajstić information content (AvgIpc) is 2.88. The zero-order valence-electron chi connectivity index (χ0n) is 11.7. The monoisotopic (exact) mass is 285 g/mol. The smallest absolute Gasteiger partial charge is 0.0814 e. The highest BCUT2D eigenvalue weighted by Gasteiger charge is 1.97. The number of nitrogens with one attached hydrogen (secondary N) is 1. The van der Waals surface area contributed by atoms with Crippen LogP contribution in [0.25, 0.3) is 21.5 Å². The van der Waals surface area contributed by atoms with Gasteiger partial charge in [-0.1, -0.05) is 72.8 Å². The Kier molecular flexibility index (Phi) is 5.61. The van der Waals surface area contributed by atoms with Gasteiger partial charge in [0.15, 0.2) is 0 Å². The molecule has 0 aliphatic carbocycles. The van der Waals surface area contributed by atoms with Crippen LogP contribution < -0.4 is 5.32 Å². The second-order valence-electron chi connectivity index (χ2n) is 4.78. The highest BCUT2D eigenvalue weighted by Crippen LogP contribution is 2.24. The fraction of sp³-hybridized carbons (Fsp3) is 0. The van der Waals surface area contributed by atoms with Crippen molar-refractivity contribution >= 4 is 30.0 Å². The van der Waals surface area contributed by atoms with Crippen molar-refractivity contribution in [2.24, 2.45) is 0 Å². The molecule has 1 N–H and O–H groups in total. The summed E-state index contributed by atoms with van der Waals surface area (Å²) in [6.45, 7) is 0. The molecule has 0 unspecified atom stereocenters. The van der Waals surface area contributed by atoms with Crippen LogP contribution in [0.3, 0.4) is 0 Å². The van der Waals surface area contributed by atoms with E-state index in [1.54, 1.807) is 0 Å². The van der Waals surface area contributed by atoms with Gasteiger partial charge >= 0.3 is 0 Å². The third-order valence-corrected chi connectivity index (χ3v) is 3.37. The van der Waals surface area contributed by atoms with Crippen molar-refractivity contribution in [2.75, 3.05) is 0 Å². The Morgan fingerprint density at radius 2 is 0.955 bits per heavy atom. The molecule has 0 spiro atoms. The zero-order valence-corrected chi connectivity index (χ0v) is 11.7. The summed E-state index contributed by atoms with van der Waals surface area (Å²) in [7, 11) is 0. The largest absolute Gasteiger partial charge is 0.368 e. The Labute approximate surface area is 133 Å². The van der Waals surface area contributed by atoms with E-state index in [0.29, 0.717) is 0 Å². The lowest BCUT2D eigenvalue weighted by Crippen LogP contribution is -1.87. The maximum atomic E-state index is 2.92. The van der Waals surface area contributed by atoms with Crippen LogP contribution in [0, 0.1) is 0 Å². The summed E-state index contributed by atoms with van der Waals surface area (Å²) < 4.78 is 0. The molecular weight excluding hydrogens is 265 g/mol. The molecule has 0 radical (unpaired) electrons. The van der Waals surface area contributed by atoms with E-state index in [0.717, 1.165) is 0 Å². The molecule has 1 nitrogen and oxygen atoms in total. The minimum atomic E-state index is 0. The summed E-state index contributed by atoms with van der Waals surface area (Å²) in [4.78, 5) is 0. The van der Waals surface area contributed by atoms with E-state index in [1.165, 1.54) is 21.5 Å². The molecule has 0 bridgehead atoms. The van der Waals surface area contributed by atoms with Crippen molar-refractivity contribution in [3.63, 3.8) is 0 Å². The highest BCUT2D eigenvalue weighted by molar-refractivity contribution is 6.07. The van der Waals surface area contributed by atoms with Gasteiger partial charge in [-0.25, -0.2) is 0 Å². The molecule has 4 rings (SSSR count). The third kappa shape index (κ3) is 3.67. The van der Waals surface area contributed by atoms with E-state index < -0.39 is 0 Å². The molecule has 0 fully saturated rings. The Morgan fingerprint density at radius 1 is 0.500 bits per heavy atom. The first kappa shape index (κ1) is 15.6. The van der Waals surface area contributed by atoms with Crippen LogP contribution >= 0.6 is 0 Å². The number of hydrogen-bond donors (Lipinski definition) is 1. The number of rotatable bonds is 0. The SMILES string of the molecule is B.C1=CC=CNC=C1.c1ccc2c(c1)ccc1ccccc12. The van der Waals surface area contributed by atoms with E-state index in [-0.39, 0.29) is 8.41 Å². The van der Waals surface area contributed by atoms with E-state index in [2.05, 4.69) is 66.0 Å². The lowest BCUT2D eigenvalue weighted by Gasteiger charge is -2.02. The first-order chi connectivity index (χ1) is 10.4. The molecule has 0 saturated heterocycles. The van der Waals surface area contributed by atoms with Gasteiger partial charge in [-0.15, -0.1) is 0 Å².